The van der Waals surface area contributed by atoms with Crippen molar-refractivity contribution in [2.45, 2.75) is 0 Å². The zero-order chi connectivity index (χ0) is 10.2. The van der Waals surface area contributed by atoms with Gasteiger partial charge in [-0.05, 0) is 19.7 Å². The van der Waals surface area contributed by atoms with Crippen LogP contribution in [0.2, 0.25) is 0 Å². The van der Waals surface area contributed by atoms with Crippen LogP contribution >= 0.6 is 19.8 Å². The van der Waals surface area contributed by atoms with Crippen molar-refractivity contribution < 1.29 is 0 Å². The first-order chi connectivity index (χ1) is 6.97. The van der Waals surface area contributed by atoms with Crippen LogP contribution in [0.5, 0.6) is 0 Å². The predicted molar refractivity (Wildman–Crippen MR) is 67.4 cm³/mol. The number of rotatable bonds is 1. The third-order valence-electron chi connectivity index (χ3n) is 1.88. The Bertz CT molecular complexity index is 308. The van der Waals surface area contributed by atoms with Gasteiger partial charge in [0.25, 0.3) is 0 Å². The summed E-state index contributed by atoms with van der Waals surface area (Å²) in [5.74, 6) is 0. The molecule has 1 atom stereocenters. The third-order valence-corrected chi connectivity index (χ3v) is 1.88. The minimum atomic E-state index is 1.28. The van der Waals surface area contributed by atoms with E-state index in [4.69, 9.17) is 0 Å². The van der Waals surface area contributed by atoms with Gasteiger partial charge in [-0.2, -0.15) is 0 Å². The molecule has 0 bridgehead atoms. The number of hydrogen-bond acceptors (Lipinski definition) is 0. The highest BCUT2D eigenvalue weighted by molar-refractivity contribution is 7.52. The molecule has 2 rings (SSSR count). The van der Waals surface area contributed by atoms with E-state index in [1.54, 1.807) is 0 Å². The summed E-state index contributed by atoms with van der Waals surface area (Å²) in [5, 5.41) is 0. The van der Waals surface area contributed by atoms with Gasteiger partial charge in [-0.1, -0.05) is 60.7 Å². The molecule has 0 amide bonds. The maximum atomic E-state index is 4.56. The van der Waals surface area contributed by atoms with Gasteiger partial charge in [-0.3, -0.25) is 0 Å². The number of benzene rings is 2. The molecule has 1 unspecified atom stereocenters. The van der Waals surface area contributed by atoms with E-state index in [9.17, 15) is 0 Å². The molecular weight excluding hydrogens is 211 g/mol. The molecule has 2 heteroatoms. The summed E-state index contributed by atoms with van der Waals surface area (Å²) in [6.45, 7) is 0. The van der Waals surface area contributed by atoms with Gasteiger partial charge in [0.05, 0.1) is 0 Å². The fourth-order valence-electron chi connectivity index (χ4n) is 1.26. The standard InChI is InChI=1S/C12H10.ClH2P/c1-3-7-11(8-4-1)12-9-5-2-6-10-12;1-2/h1-10H;2H2. The van der Waals surface area contributed by atoms with Crippen LogP contribution in [0.3, 0.4) is 0 Å². The highest BCUT2D eigenvalue weighted by Gasteiger charge is 1.91. The number of halogens is 1. The monoisotopic (exact) mass is 222 g/mol. The molecule has 2 aromatic carbocycles. The van der Waals surface area contributed by atoms with Crippen molar-refractivity contribution >= 4 is 19.8 Å². The first-order valence-corrected chi connectivity index (χ1v) is 6.04. The molecule has 0 nitrogen and oxygen atoms in total. The zero-order valence-corrected chi connectivity index (χ0v) is 9.64. The van der Waals surface area contributed by atoms with E-state index in [1.165, 1.54) is 11.1 Å². The van der Waals surface area contributed by atoms with Crippen LogP contribution in [0.25, 0.3) is 11.1 Å². The van der Waals surface area contributed by atoms with E-state index in [0.29, 0.717) is 0 Å². The minimum Gasteiger partial charge on any atom is -0.104 e. The summed E-state index contributed by atoms with van der Waals surface area (Å²) in [4.78, 5) is 0. The van der Waals surface area contributed by atoms with Crippen LogP contribution in [0.4, 0.5) is 0 Å². The van der Waals surface area contributed by atoms with Gasteiger partial charge in [-0.25, -0.2) is 0 Å². The molecule has 0 heterocycles. The van der Waals surface area contributed by atoms with Crippen molar-refractivity contribution in [2.24, 2.45) is 0 Å². The Kier molecular flexibility index (Phi) is 5.29. The van der Waals surface area contributed by atoms with E-state index in [0.717, 1.165) is 0 Å². The van der Waals surface area contributed by atoms with E-state index < -0.39 is 0 Å². The first-order valence-electron chi connectivity index (χ1n) is 4.29. The Morgan fingerprint density at radius 3 is 1.14 bits per heavy atom. The van der Waals surface area contributed by atoms with Crippen molar-refractivity contribution in [2.75, 3.05) is 0 Å². The van der Waals surface area contributed by atoms with Gasteiger partial charge in [-0.15, -0.1) is 11.2 Å². The van der Waals surface area contributed by atoms with Crippen LogP contribution in [0.15, 0.2) is 60.7 Å². The first kappa shape index (κ1) is 11.2. The van der Waals surface area contributed by atoms with Gasteiger partial charge in [0.15, 0.2) is 0 Å². The summed E-state index contributed by atoms with van der Waals surface area (Å²) in [7, 11) is 1.89. The lowest BCUT2D eigenvalue weighted by Crippen LogP contribution is -1.73. The quantitative estimate of drug-likeness (QED) is 0.629. The Morgan fingerprint density at radius 2 is 0.857 bits per heavy atom. The summed E-state index contributed by atoms with van der Waals surface area (Å²) in [6, 6.07) is 20.8. The Labute approximate surface area is 91.9 Å². The normalized spacial score (nSPS) is 8.71. The molecule has 0 saturated heterocycles. The molecule has 0 saturated carbocycles. The predicted octanol–water partition coefficient (Wildman–Crippen LogP) is 4.37. The maximum Gasteiger partial charge on any atom is -0.0184 e. The Hall–Kier alpha value is -0.840. The molecular formula is C12H12ClP. The van der Waals surface area contributed by atoms with Crippen molar-refractivity contribution in [3.8, 4) is 11.1 Å². The molecule has 72 valence electrons. The molecule has 14 heavy (non-hydrogen) atoms. The van der Waals surface area contributed by atoms with E-state index in [2.05, 4.69) is 59.8 Å². The van der Waals surface area contributed by atoms with Gasteiger partial charge in [0.2, 0.25) is 0 Å². The lowest BCUT2D eigenvalue weighted by Gasteiger charge is -1.98. The van der Waals surface area contributed by atoms with Crippen LogP contribution in [-0.4, -0.2) is 0 Å². The molecule has 2 aromatic rings. The maximum absolute atomic E-state index is 4.56. The van der Waals surface area contributed by atoms with E-state index in [1.807, 2.05) is 20.7 Å². The van der Waals surface area contributed by atoms with E-state index >= 15 is 0 Å². The SMILES string of the molecule is PCl.c1ccc(-c2ccccc2)cc1. The fraction of sp³-hybridized carbons (Fsp3) is 0. The summed E-state index contributed by atoms with van der Waals surface area (Å²) >= 11 is 4.56. The second-order valence-electron chi connectivity index (χ2n) is 2.73. The molecule has 0 N–H and O–H groups in total. The molecule has 0 aliphatic carbocycles. The Balaban J connectivity index is 0.000000461. The zero-order valence-electron chi connectivity index (χ0n) is 7.73. The fourth-order valence-corrected chi connectivity index (χ4v) is 1.26. The second-order valence-corrected chi connectivity index (χ2v) is 2.73. The largest absolute Gasteiger partial charge is 0.104 e. The lowest BCUT2D eigenvalue weighted by atomic mass is 10.1. The summed E-state index contributed by atoms with van der Waals surface area (Å²) < 4.78 is 0. The minimum absolute atomic E-state index is 1.28. The smallest absolute Gasteiger partial charge is 0.0184 e. The molecule has 0 aromatic heterocycles. The summed E-state index contributed by atoms with van der Waals surface area (Å²) in [6.07, 6.45) is 0. The van der Waals surface area contributed by atoms with Crippen LogP contribution in [-0.2, 0) is 0 Å². The lowest BCUT2D eigenvalue weighted by molar-refractivity contribution is 1.62. The van der Waals surface area contributed by atoms with Gasteiger partial charge in [0, 0.05) is 0 Å². The van der Waals surface area contributed by atoms with Crippen molar-refractivity contribution in [1.82, 2.24) is 0 Å². The average molecular weight is 223 g/mol. The summed E-state index contributed by atoms with van der Waals surface area (Å²) in [5.41, 5.74) is 2.55. The molecule has 0 aliphatic rings. The average Bonchev–Trinajstić information content (AvgIpc) is 2.34. The van der Waals surface area contributed by atoms with Gasteiger partial charge >= 0.3 is 0 Å². The van der Waals surface area contributed by atoms with Crippen LogP contribution < -0.4 is 0 Å². The second kappa shape index (κ2) is 6.59. The topological polar surface area (TPSA) is 0 Å². The molecule has 0 radical (unpaired) electrons. The van der Waals surface area contributed by atoms with Gasteiger partial charge in [0.1, 0.15) is 0 Å². The van der Waals surface area contributed by atoms with Crippen molar-refractivity contribution in [3.05, 3.63) is 60.7 Å². The highest BCUT2D eigenvalue weighted by Crippen LogP contribution is 2.17. The van der Waals surface area contributed by atoms with Crippen LogP contribution in [0.1, 0.15) is 0 Å². The van der Waals surface area contributed by atoms with Crippen molar-refractivity contribution in [3.63, 3.8) is 0 Å². The van der Waals surface area contributed by atoms with E-state index in [-0.39, 0.29) is 0 Å². The molecule has 0 fully saturated rings. The van der Waals surface area contributed by atoms with Crippen molar-refractivity contribution in [1.29, 1.82) is 0 Å². The van der Waals surface area contributed by atoms with Crippen LogP contribution in [0, 0.1) is 0 Å². The molecule has 0 spiro atoms. The third kappa shape index (κ3) is 3.14. The highest BCUT2D eigenvalue weighted by atomic mass is 35.7. The number of hydrogen-bond donors (Lipinski definition) is 0. The van der Waals surface area contributed by atoms with Gasteiger partial charge < -0.3 is 0 Å². The molecule has 0 aliphatic heterocycles. The Morgan fingerprint density at radius 1 is 0.571 bits per heavy atom.